The summed E-state index contributed by atoms with van der Waals surface area (Å²) in [5.41, 5.74) is 5.73. The van der Waals surface area contributed by atoms with E-state index < -0.39 is 0 Å². The summed E-state index contributed by atoms with van der Waals surface area (Å²) < 4.78 is 0. The second-order valence-electron chi connectivity index (χ2n) is 3.67. The Labute approximate surface area is 94.8 Å². The lowest BCUT2D eigenvalue weighted by Gasteiger charge is -2.09. The van der Waals surface area contributed by atoms with Gasteiger partial charge in [0.15, 0.2) is 0 Å². The highest BCUT2D eigenvalue weighted by Gasteiger charge is 2.05. The second kappa shape index (κ2) is 4.77. The molecule has 82 valence electrons. The monoisotopic (exact) mass is 214 g/mol. The first kappa shape index (κ1) is 10.6. The molecule has 0 radical (unpaired) electrons. The van der Waals surface area contributed by atoms with Gasteiger partial charge in [0.25, 0.3) is 0 Å². The van der Waals surface area contributed by atoms with Gasteiger partial charge in [0.05, 0.1) is 11.4 Å². The van der Waals surface area contributed by atoms with Crippen LogP contribution in [0.2, 0.25) is 0 Å². The molecule has 0 bridgehead atoms. The molecular formula is C13H14N2O. The Balaban J connectivity index is 2.36. The van der Waals surface area contributed by atoms with Crippen molar-refractivity contribution in [3.05, 3.63) is 48.1 Å². The maximum absolute atomic E-state index is 8.97. The lowest BCUT2D eigenvalue weighted by atomic mass is 10.0. The first-order valence-corrected chi connectivity index (χ1v) is 5.22. The summed E-state index contributed by atoms with van der Waals surface area (Å²) in [7, 11) is 0. The zero-order chi connectivity index (χ0) is 11.4. The highest BCUT2D eigenvalue weighted by Crippen LogP contribution is 2.25. The Morgan fingerprint density at radius 2 is 2.12 bits per heavy atom. The highest BCUT2D eigenvalue weighted by molar-refractivity contribution is 6.03. The van der Waals surface area contributed by atoms with Crippen molar-refractivity contribution in [1.29, 1.82) is 0 Å². The molecule has 0 spiro atoms. The van der Waals surface area contributed by atoms with E-state index in [1.54, 1.807) is 6.07 Å². The Morgan fingerprint density at radius 3 is 2.88 bits per heavy atom. The van der Waals surface area contributed by atoms with E-state index >= 15 is 0 Å². The highest BCUT2D eigenvalue weighted by atomic mass is 16.5. The van der Waals surface area contributed by atoms with Crippen LogP contribution in [0.15, 0.2) is 53.1 Å². The van der Waals surface area contributed by atoms with E-state index in [1.165, 1.54) is 0 Å². The molecule has 0 fully saturated rings. The van der Waals surface area contributed by atoms with Gasteiger partial charge in [-0.15, -0.1) is 0 Å². The summed E-state index contributed by atoms with van der Waals surface area (Å²) >= 11 is 0. The van der Waals surface area contributed by atoms with Crippen molar-refractivity contribution in [3.8, 4) is 0 Å². The summed E-state index contributed by atoms with van der Waals surface area (Å²) in [5, 5.41) is 8.97. The third-order valence-electron chi connectivity index (χ3n) is 2.53. The van der Waals surface area contributed by atoms with Crippen LogP contribution in [0.3, 0.4) is 0 Å². The fraction of sp³-hybridized carbons (Fsp3) is 0.154. The van der Waals surface area contributed by atoms with E-state index in [4.69, 9.17) is 5.21 Å². The van der Waals surface area contributed by atoms with Crippen molar-refractivity contribution in [3.63, 3.8) is 0 Å². The number of anilines is 1. The van der Waals surface area contributed by atoms with Gasteiger partial charge in [-0.1, -0.05) is 30.4 Å². The number of benzene rings is 1. The molecule has 1 aromatic carbocycles. The minimum absolute atomic E-state index is 0.623. The van der Waals surface area contributed by atoms with E-state index in [1.807, 2.05) is 37.3 Å². The Bertz CT molecular complexity index is 473. The molecule has 1 aliphatic rings. The fourth-order valence-corrected chi connectivity index (χ4v) is 1.59. The van der Waals surface area contributed by atoms with Crippen molar-refractivity contribution in [2.75, 3.05) is 5.48 Å². The van der Waals surface area contributed by atoms with Crippen LogP contribution in [-0.2, 0) is 0 Å². The SMILES string of the molecule is CC1=CC=CCC1=Nc1ccccc1NO. The fourth-order valence-electron chi connectivity index (χ4n) is 1.59. The van der Waals surface area contributed by atoms with Crippen LogP contribution in [0.25, 0.3) is 0 Å². The van der Waals surface area contributed by atoms with Crippen molar-refractivity contribution < 1.29 is 5.21 Å². The minimum atomic E-state index is 0.623. The minimum Gasteiger partial charge on any atom is -0.291 e. The number of nitrogens with zero attached hydrogens (tertiary/aromatic N) is 1. The summed E-state index contributed by atoms with van der Waals surface area (Å²) in [6.45, 7) is 2.04. The van der Waals surface area contributed by atoms with Crippen LogP contribution in [-0.4, -0.2) is 10.9 Å². The molecular weight excluding hydrogens is 200 g/mol. The van der Waals surface area contributed by atoms with Crippen LogP contribution in [0.5, 0.6) is 0 Å². The molecule has 1 aliphatic carbocycles. The van der Waals surface area contributed by atoms with Crippen molar-refractivity contribution in [1.82, 2.24) is 0 Å². The van der Waals surface area contributed by atoms with Gasteiger partial charge in [0, 0.05) is 12.1 Å². The molecule has 0 saturated carbocycles. The second-order valence-corrected chi connectivity index (χ2v) is 3.67. The predicted octanol–water partition coefficient (Wildman–Crippen LogP) is 3.47. The number of nitrogens with one attached hydrogen (secondary N) is 1. The first-order valence-electron chi connectivity index (χ1n) is 5.22. The number of para-hydroxylation sites is 2. The zero-order valence-electron chi connectivity index (χ0n) is 9.14. The molecule has 0 unspecified atom stereocenters. The van der Waals surface area contributed by atoms with Gasteiger partial charge in [-0.25, -0.2) is 0 Å². The molecule has 0 saturated heterocycles. The van der Waals surface area contributed by atoms with Crippen molar-refractivity contribution in [2.24, 2.45) is 4.99 Å². The molecule has 2 N–H and O–H groups in total. The molecule has 0 amide bonds. The molecule has 2 rings (SSSR count). The quantitative estimate of drug-likeness (QED) is 0.740. The number of hydrogen-bond acceptors (Lipinski definition) is 3. The van der Waals surface area contributed by atoms with Crippen LogP contribution >= 0.6 is 0 Å². The smallest absolute Gasteiger partial charge is 0.0887 e. The van der Waals surface area contributed by atoms with E-state index in [-0.39, 0.29) is 0 Å². The van der Waals surface area contributed by atoms with E-state index in [0.29, 0.717) is 5.69 Å². The Morgan fingerprint density at radius 1 is 1.31 bits per heavy atom. The summed E-state index contributed by atoms with van der Waals surface area (Å²) in [4.78, 5) is 4.54. The molecule has 0 aromatic heterocycles. The van der Waals surface area contributed by atoms with E-state index in [9.17, 15) is 0 Å². The molecule has 3 nitrogen and oxygen atoms in total. The molecule has 0 aliphatic heterocycles. The number of aliphatic imine (C=N–C) groups is 1. The van der Waals surface area contributed by atoms with Crippen LogP contribution < -0.4 is 5.48 Å². The number of hydrogen-bond donors (Lipinski definition) is 2. The lowest BCUT2D eigenvalue weighted by Crippen LogP contribution is -2.01. The largest absolute Gasteiger partial charge is 0.291 e. The van der Waals surface area contributed by atoms with Crippen LogP contribution in [0.1, 0.15) is 13.3 Å². The molecule has 3 heteroatoms. The summed E-state index contributed by atoms with van der Waals surface area (Å²) in [6, 6.07) is 7.41. The van der Waals surface area contributed by atoms with Gasteiger partial charge in [-0.2, -0.15) is 0 Å². The Kier molecular flexibility index (Phi) is 3.17. The maximum atomic E-state index is 8.97. The molecule has 0 atom stereocenters. The topological polar surface area (TPSA) is 44.6 Å². The van der Waals surface area contributed by atoms with Gasteiger partial charge < -0.3 is 0 Å². The van der Waals surface area contributed by atoms with Crippen molar-refractivity contribution >= 4 is 17.1 Å². The lowest BCUT2D eigenvalue weighted by molar-refractivity contribution is 0.389. The van der Waals surface area contributed by atoms with Crippen LogP contribution in [0.4, 0.5) is 11.4 Å². The zero-order valence-corrected chi connectivity index (χ0v) is 9.14. The van der Waals surface area contributed by atoms with Crippen molar-refractivity contribution in [2.45, 2.75) is 13.3 Å². The van der Waals surface area contributed by atoms with Gasteiger partial charge in [-0.05, 0) is 24.6 Å². The number of allylic oxidation sites excluding steroid dienone is 4. The van der Waals surface area contributed by atoms with E-state index in [0.717, 1.165) is 23.4 Å². The normalized spacial score (nSPS) is 17.4. The average Bonchev–Trinajstić information content (AvgIpc) is 2.33. The van der Waals surface area contributed by atoms with Gasteiger partial charge in [0.2, 0.25) is 0 Å². The van der Waals surface area contributed by atoms with Gasteiger partial charge >= 0.3 is 0 Å². The standard InChI is InChI=1S/C13H14N2O/c1-10-6-2-3-7-11(10)14-12-8-4-5-9-13(12)15-16/h2-6,8-9,15-16H,7H2,1H3. The predicted molar refractivity (Wildman–Crippen MR) is 66.5 cm³/mol. The third kappa shape index (κ3) is 2.20. The first-order chi connectivity index (χ1) is 7.81. The third-order valence-corrected chi connectivity index (χ3v) is 2.53. The summed E-state index contributed by atoms with van der Waals surface area (Å²) in [5.74, 6) is 0. The van der Waals surface area contributed by atoms with Crippen LogP contribution in [0, 0.1) is 0 Å². The molecule has 16 heavy (non-hydrogen) atoms. The van der Waals surface area contributed by atoms with Gasteiger partial charge in [0.1, 0.15) is 0 Å². The average molecular weight is 214 g/mol. The number of rotatable bonds is 2. The summed E-state index contributed by atoms with van der Waals surface area (Å²) in [6.07, 6.45) is 6.98. The Hall–Kier alpha value is -1.87. The van der Waals surface area contributed by atoms with E-state index in [2.05, 4.69) is 16.5 Å². The maximum Gasteiger partial charge on any atom is 0.0887 e. The molecule has 0 heterocycles. The molecule has 1 aromatic rings. The van der Waals surface area contributed by atoms with Gasteiger partial charge in [-0.3, -0.25) is 15.7 Å².